The minimum atomic E-state index is -0.224. The summed E-state index contributed by atoms with van der Waals surface area (Å²) >= 11 is 0. The molecular formula is C18H20N6O. The lowest BCUT2D eigenvalue weighted by molar-refractivity contribution is 0.247. The monoisotopic (exact) mass is 336 g/mol. The Kier molecular flexibility index (Phi) is 3.97. The first-order valence-electron chi connectivity index (χ1n) is 8.39. The fourth-order valence-electron chi connectivity index (χ4n) is 3.17. The van der Waals surface area contributed by atoms with Crippen molar-refractivity contribution in [1.29, 1.82) is 0 Å². The van der Waals surface area contributed by atoms with Gasteiger partial charge in [-0.2, -0.15) is 5.10 Å². The fraction of sp³-hybridized carbons (Fsp3) is 0.278. The van der Waals surface area contributed by atoms with Gasteiger partial charge >= 0.3 is 6.03 Å². The van der Waals surface area contributed by atoms with E-state index in [-0.39, 0.29) is 12.1 Å². The number of hydrogen-bond donors (Lipinski definition) is 3. The first kappa shape index (κ1) is 15.4. The summed E-state index contributed by atoms with van der Waals surface area (Å²) in [6, 6.07) is 9.71. The molecule has 3 aromatic rings. The van der Waals surface area contributed by atoms with E-state index in [2.05, 4.69) is 25.9 Å². The predicted octanol–water partition coefficient (Wildman–Crippen LogP) is 2.58. The van der Waals surface area contributed by atoms with Crippen LogP contribution in [0.1, 0.15) is 23.2 Å². The van der Waals surface area contributed by atoms with Crippen LogP contribution in [0.4, 0.5) is 10.6 Å². The molecule has 4 rings (SSSR count). The first-order valence-corrected chi connectivity index (χ1v) is 8.39. The second-order valence-corrected chi connectivity index (χ2v) is 6.35. The lowest BCUT2D eigenvalue weighted by Gasteiger charge is -2.22. The Bertz CT molecular complexity index is 882. The van der Waals surface area contributed by atoms with Crippen LogP contribution < -0.4 is 10.6 Å². The quantitative estimate of drug-likeness (QED) is 0.687. The van der Waals surface area contributed by atoms with Gasteiger partial charge < -0.3 is 5.32 Å². The molecule has 3 N–H and O–H groups in total. The third-order valence-electron chi connectivity index (χ3n) is 4.50. The molecule has 2 heterocycles. The standard InChI is InChI=1S/C18H20N6O/c1-12-11-24(15-5-3-2-4-6-15)23-17(12)21-18(25)20-14-7-8-16-13(9-14)10-19-22-16/h2-6,10-11,14H,7-9H2,1H3,(H,19,22)(H2,20,21,23,25). The normalized spacial score (nSPS) is 16.3. The number of fused-ring (bicyclic) bond motifs is 1. The average Bonchev–Trinajstić information content (AvgIpc) is 3.22. The summed E-state index contributed by atoms with van der Waals surface area (Å²) in [5, 5.41) is 17.4. The van der Waals surface area contributed by atoms with Gasteiger partial charge in [-0.1, -0.05) is 18.2 Å². The second-order valence-electron chi connectivity index (χ2n) is 6.35. The highest BCUT2D eigenvalue weighted by molar-refractivity contribution is 5.89. The van der Waals surface area contributed by atoms with Crippen molar-refractivity contribution >= 4 is 11.8 Å². The van der Waals surface area contributed by atoms with Gasteiger partial charge in [0.2, 0.25) is 0 Å². The second kappa shape index (κ2) is 6.43. The average molecular weight is 336 g/mol. The Balaban J connectivity index is 1.41. The van der Waals surface area contributed by atoms with Gasteiger partial charge in [-0.15, -0.1) is 5.10 Å². The van der Waals surface area contributed by atoms with Gasteiger partial charge in [-0.05, 0) is 43.9 Å². The van der Waals surface area contributed by atoms with Crippen molar-refractivity contribution in [2.75, 3.05) is 5.32 Å². The lowest BCUT2D eigenvalue weighted by Crippen LogP contribution is -2.41. The van der Waals surface area contributed by atoms with Crippen molar-refractivity contribution in [2.45, 2.75) is 32.2 Å². The number of hydrogen-bond acceptors (Lipinski definition) is 3. The zero-order chi connectivity index (χ0) is 17.2. The van der Waals surface area contributed by atoms with Crippen LogP contribution in [0.3, 0.4) is 0 Å². The molecule has 2 amide bonds. The van der Waals surface area contributed by atoms with Gasteiger partial charge in [0.05, 0.1) is 11.9 Å². The summed E-state index contributed by atoms with van der Waals surface area (Å²) in [6.07, 6.45) is 6.36. The number of carbonyl (C=O) groups excluding carboxylic acids is 1. The highest BCUT2D eigenvalue weighted by Crippen LogP contribution is 2.19. The number of anilines is 1. The van der Waals surface area contributed by atoms with Gasteiger partial charge in [0.15, 0.2) is 5.82 Å². The summed E-state index contributed by atoms with van der Waals surface area (Å²) in [4.78, 5) is 12.3. The van der Waals surface area contributed by atoms with Crippen LogP contribution in [0.5, 0.6) is 0 Å². The van der Waals surface area contributed by atoms with Gasteiger partial charge in [0.1, 0.15) is 0 Å². The van der Waals surface area contributed by atoms with Crippen molar-refractivity contribution in [3.63, 3.8) is 0 Å². The highest BCUT2D eigenvalue weighted by atomic mass is 16.2. The maximum atomic E-state index is 12.3. The molecule has 128 valence electrons. The Morgan fingerprint density at radius 2 is 2.16 bits per heavy atom. The molecule has 1 atom stereocenters. The molecule has 1 aromatic carbocycles. The van der Waals surface area contributed by atoms with Gasteiger partial charge in [-0.3, -0.25) is 10.4 Å². The summed E-state index contributed by atoms with van der Waals surface area (Å²) in [5.41, 5.74) is 4.23. The number of rotatable bonds is 3. The largest absolute Gasteiger partial charge is 0.335 e. The molecule has 1 unspecified atom stereocenters. The molecule has 25 heavy (non-hydrogen) atoms. The number of para-hydroxylation sites is 1. The van der Waals surface area contributed by atoms with Gasteiger partial charge in [-0.25, -0.2) is 9.48 Å². The number of nitrogens with one attached hydrogen (secondary N) is 3. The molecule has 7 heteroatoms. The van der Waals surface area contributed by atoms with Crippen LogP contribution in [0.2, 0.25) is 0 Å². The van der Waals surface area contributed by atoms with Crippen LogP contribution in [-0.4, -0.2) is 32.1 Å². The first-order chi connectivity index (χ1) is 12.2. The third-order valence-corrected chi connectivity index (χ3v) is 4.50. The molecule has 1 aliphatic rings. The van der Waals surface area contributed by atoms with Gasteiger partial charge in [0.25, 0.3) is 0 Å². The number of aryl methyl sites for hydroxylation is 2. The maximum Gasteiger partial charge on any atom is 0.320 e. The summed E-state index contributed by atoms with van der Waals surface area (Å²) in [7, 11) is 0. The molecule has 0 aliphatic heterocycles. The third kappa shape index (κ3) is 3.26. The van der Waals surface area contributed by atoms with E-state index < -0.39 is 0 Å². The summed E-state index contributed by atoms with van der Waals surface area (Å²) in [5.74, 6) is 0.571. The smallest absolute Gasteiger partial charge is 0.320 e. The fourth-order valence-corrected chi connectivity index (χ4v) is 3.17. The van der Waals surface area contributed by atoms with Crippen molar-refractivity contribution < 1.29 is 4.79 Å². The zero-order valence-electron chi connectivity index (χ0n) is 14.0. The van der Waals surface area contributed by atoms with Crippen LogP contribution >= 0.6 is 0 Å². The number of aromatic nitrogens is 4. The van der Waals surface area contributed by atoms with Crippen LogP contribution in [-0.2, 0) is 12.8 Å². The van der Waals surface area contributed by atoms with E-state index in [1.165, 1.54) is 11.3 Å². The number of carbonyl (C=O) groups is 1. The number of aromatic amines is 1. The zero-order valence-corrected chi connectivity index (χ0v) is 14.0. The Hall–Kier alpha value is -3.09. The summed E-state index contributed by atoms with van der Waals surface area (Å²) in [6.45, 7) is 1.93. The Labute approximate surface area is 145 Å². The van der Waals surface area contributed by atoms with Crippen molar-refractivity contribution in [3.05, 3.63) is 59.5 Å². The summed E-state index contributed by atoms with van der Waals surface area (Å²) < 4.78 is 1.77. The SMILES string of the molecule is Cc1cn(-c2ccccc2)nc1NC(=O)NC1CCc2[nH]ncc2C1. The number of H-pyrrole nitrogens is 1. The molecule has 0 saturated carbocycles. The van der Waals surface area contributed by atoms with Crippen molar-refractivity contribution in [3.8, 4) is 5.69 Å². The number of benzene rings is 1. The van der Waals surface area contributed by atoms with E-state index in [1.54, 1.807) is 4.68 Å². The van der Waals surface area contributed by atoms with E-state index in [1.807, 2.05) is 49.6 Å². The minimum Gasteiger partial charge on any atom is -0.335 e. The predicted molar refractivity (Wildman–Crippen MR) is 94.9 cm³/mol. The molecule has 1 aliphatic carbocycles. The maximum absolute atomic E-state index is 12.3. The van der Waals surface area contributed by atoms with Crippen LogP contribution in [0.15, 0.2) is 42.7 Å². The lowest BCUT2D eigenvalue weighted by atomic mass is 9.94. The number of amides is 2. The molecular weight excluding hydrogens is 316 g/mol. The molecule has 2 aromatic heterocycles. The van der Waals surface area contributed by atoms with E-state index in [9.17, 15) is 4.79 Å². The molecule has 0 fully saturated rings. The van der Waals surface area contributed by atoms with Crippen LogP contribution in [0, 0.1) is 6.92 Å². The van der Waals surface area contributed by atoms with E-state index in [0.29, 0.717) is 5.82 Å². The molecule has 0 spiro atoms. The highest BCUT2D eigenvalue weighted by Gasteiger charge is 2.22. The minimum absolute atomic E-state index is 0.113. The Morgan fingerprint density at radius 1 is 1.32 bits per heavy atom. The topological polar surface area (TPSA) is 87.6 Å². The van der Waals surface area contributed by atoms with E-state index in [0.717, 1.165) is 30.5 Å². The number of urea groups is 1. The molecule has 0 radical (unpaired) electrons. The van der Waals surface area contributed by atoms with E-state index >= 15 is 0 Å². The van der Waals surface area contributed by atoms with Gasteiger partial charge in [0, 0.05) is 23.5 Å². The van der Waals surface area contributed by atoms with Crippen molar-refractivity contribution in [2.24, 2.45) is 0 Å². The molecule has 0 saturated heterocycles. The Morgan fingerprint density at radius 3 is 3.00 bits per heavy atom. The molecule has 7 nitrogen and oxygen atoms in total. The van der Waals surface area contributed by atoms with Crippen LogP contribution in [0.25, 0.3) is 5.69 Å². The van der Waals surface area contributed by atoms with Crippen molar-refractivity contribution in [1.82, 2.24) is 25.3 Å². The van der Waals surface area contributed by atoms with E-state index in [4.69, 9.17) is 0 Å². The number of nitrogens with zero attached hydrogens (tertiary/aromatic N) is 3. The molecule has 0 bridgehead atoms.